The molecule has 2 atom stereocenters. The minimum atomic E-state index is -0.435. The lowest BCUT2D eigenvalue weighted by molar-refractivity contribution is -0.130. The number of allylic oxidation sites excluding steroid dienone is 2. The molecule has 0 saturated carbocycles. The number of amides is 2. The zero-order valence-corrected chi connectivity index (χ0v) is 17.6. The molecule has 156 valence electrons. The Kier molecular flexibility index (Phi) is 6.27. The Bertz CT molecular complexity index is 1040. The number of nitrogens with one attached hydrogen (secondary N) is 1. The van der Waals surface area contributed by atoms with Gasteiger partial charge in [-0.05, 0) is 61.7 Å². The van der Waals surface area contributed by atoms with Crippen molar-refractivity contribution in [2.75, 3.05) is 10.2 Å². The van der Waals surface area contributed by atoms with Gasteiger partial charge in [0.1, 0.15) is 0 Å². The molecule has 0 bridgehead atoms. The first-order chi connectivity index (χ1) is 15.1. The van der Waals surface area contributed by atoms with Gasteiger partial charge in [0.05, 0.1) is 11.8 Å². The lowest BCUT2D eigenvalue weighted by Crippen LogP contribution is -2.41. The van der Waals surface area contributed by atoms with Crippen LogP contribution in [0.25, 0.3) is 0 Å². The molecule has 0 radical (unpaired) electrons. The summed E-state index contributed by atoms with van der Waals surface area (Å²) >= 11 is 0. The number of aryl methyl sites for hydroxylation is 1. The third kappa shape index (κ3) is 4.75. The molecule has 1 aliphatic carbocycles. The van der Waals surface area contributed by atoms with Crippen LogP contribution in [0.2, 0.25) is 0 Å². The van der Waals surface area contributed by atoms with Gasteiger partial charge in [-0.15, -0.1) is 0 Å². The molecule has 0 spiro atoms. The van der Waals surface area contributed by atoms with Gasteiger partial charge in [0.2, 0.25) is 11.8 Å². The van der Waals surface area contributed by atoms with Crippen LogP contribution in [0.3, 0.4) is 0 Å². The number of carbonyl (C=O) groups excluding carboxylic acids is 2. The van der Waals surface area contributed by atoms with Gasteiger partial charge < -0.3 is 5.32 Å². The van der Waals surface area contributed by atoms with Crippen LogP contribution in [-0.4, -0.2) is 11.8 Å². The van der Waals surface area contributed by atoms with Crippen molar-refractivity contribution in [3.8, 4) is 0 Å². The van der Waals surface area contributed by atoms with Crippen molar-refractivity contribution in [1.82, 2.24) is 0 Å². The summed E-state index contributed by atoms with van der Waals surface area (Å²) in [6.07, 6.45) is 5.10. The van der Waals surface area contributed by atoms with Crippen molar-refractivity contribution < 1.29 is 9.59 Å². The van der Waals surface area contributed by atoms with Gasteiger partial charge in [-0.1, -0.05) is 60.7 Å². The molecule has 3 aromatic rings. The van der Waals surface area contributed by atoms with Gasteiger partial charge in [-0.3, -0.25) is 14.5 Å². The highest BCUT2D eigenvalue weighted by Crippen LogP contribution is 2.34. The van der Waals surface area contributed by atoms with Gasteiger partial charge >= 0.3 is 0 Å². The first kappa shape index (κ1) is 20.6. The van der Waals surface area contributed by atoms with Crippen LogP contribution in [-0.2, 0) is 9.59 Å². The van der Waals surface area contributed by atoms with E-state index < -0.39 is 11.8 Å². The third-order valence-electron chi connectivity index (χ3n) is 5.62. The minimum absolute atomic E-state index is 0.0638. The molecular weight excluding hydrogens is 384 g/mol. The maximum atomic E-state index is 13.8. The fourth-order valence-electron chi connectivity index (χ4n) is 4.06. The van der Waals surface area contributed by atoms with E-state index in [1.54, 1.807) is 4.90 Å². The van der Waals surface area contributed by atoms with Gasteiger partial charge in [0, 0.05) is 17.1 Å². The second-order valence-electron chi connectivity index (χ2n) is 7.86. The third-order valence-corrected chi connectivity index (χ3v) is 5.62. The number of nitrogens with zero attached hydrogens (tertiary/aromatic N) is 1. The molecule has 1 aliphatic rings. The van der Waals surface area contributed by atoms with Crippen molar-refractivity contribution >= 4 is 28.9 Å². The molecule has 2 amide bonds. The number of carbonyl (C=O) groups is 2. The Morgan fingerprint density at radius 2 is 1.35 bits per heavy atom. The van der Waals surface area contributed by atoms with E-state index >= 15 is 0 Å². The number of hydrogen-bond acceptors (Lipinski definition) is 2. The molecule has 4 rings (SSSR count). The fraction of sp³-hybridized carbons (Fsp3) is 0.185. The summed E-state index contributed by atoms with van der Waals surface area (Å²) in [5.41, 5.74) is 3.43. The average Bonchev–Trinajstić information content (AvgIpc) is 2.80. The molecule has 3 aromatic carbocycles. The normalized spacial score (nSPS) is 17.7. The molecule has 2 unspecified atom stereocenters. The molecule has 0 aliphatic heterocycles. The van der Waals surface area contributed by atoms with E-state index in [4.69, 9.17) is 0 Å². The number of para-hydroxylation sites is 2. The van der Waals surface area contributed by atoms with Crippen LogP contribution < -0.4 is 10.2 Å². The van der Waals surface area contributed by atoms with Crippen LogP contribution in [0.5, 0.6) is 0 Å². The average molecular weight is 411 g/mol. The number of rotatable bonds is 5. The lowest BCUT2D eigenvalue weighted by Gasteiger charge is -2.32. The number of hydrogen-bond donors (Lipinski definition) is 1. The van der Waals surface area contributed by atoms with Gasteiger partial charge in [-0.25, -0.2) is 0 Å². The highest BCUT2D eigenvalue weighted by molar-refractivity contribution is 6.05. The second-order valence-corrected chi connectivity index (χ2v) is 7.86. The predicted octanol–water partition coefficient (Wildman–Crippen LogP) is 5.88. The molecule has 4 nitrogen and oxygen atoms in total. The highest BCUT2D eigenvalue weighted by atomic mass is 16.2. The summed E-state index contributed by atoms with van der Waals surface area (Å²) in [6.45, 7) is 1.99. The SMILES string of the molecule is Cc1cccc(NC(=O)C2CC=CCC2C(=O)N(c2ccccc2)c2ccccc2)c1. The molecular formula is C27H26N2O2. The Labute approximate surface area is 183 Å². The van der Waals surface area contributed by atoms with E-state index in [1.807, 2.05) is 104 Å². The summed E-state index contributed by atoms with van der Waals surface area (Å²) in [6, 6.07) is 26.9. The summed E-state index contributed by atoms with van der Waals surface area (Å²) in [4.78, 5) is 28.7. The molecule has 4 heteroatoms. The van der Waals surface area contributed by atoms with Crippen molar-refractivity contribution in [3.05, 3.63) is 103 Å². The highest BCUT2D eigenvalue weighted by Gasteiger charge is 2.37. The van der Waals surface area contributed by atoms with Crippen molar-refractivity contribution in [1.29, 1.82) is 0 Å². The van der Waals surface area contributed by atoms with E-state index in [1.165, 1.54) is 0 Å². The Morgan fingerprint density at radius 1 is 0.774 bits per heavy atom. The topological polar surface area (TPSA) is 49.4 Å². The quantitative estimate of drug-likeness (QED) is 0.534. The molecule has 1 N–H and O–H groups in total. The summed E-state index contributed by atoms with van der Waals surface area (Å²) < 4.78 is 0. The van der Waals surface area contributed by atoms with E-state index in [-0.39, 0.29) is 11.8 Å². The lowest BCUT2D eigenvalue weighted by atomic mass is 9.81. The van der Waals surface area contributed by atoms with Crippen LogP contribution in [0.4, 0.5) is 17.1 Å². The maximum Gasteiger partial charge on any atom is 0.235 e. The van der Waals surface area contributed by atoms with Gasteiger partial charge in [0.25, 0.3) is 0 Å². The van der Waals surface area contributed by atoms with Crippen molar-refractivity contribution in [3.63, 3.8) is 0 Å². The van der Waals surface area contributed by atoms with Crippen LogP contribution in [0, 0.1) is 18.8 Å². The van der Waals surface area contributed by atoms with Crippen LogP contribution in [0.15, 0.2) is 97.1 Å². The second kappa shape index (κ2) is 9.43. The molecule has 0 fully saturated rings. The number of benzene rings is 3. The first-order valence-corrected chi connectivity index (χ1v) is 10.6. The molecule has 0 heterocycles. The zero-order chi connectivity index (χ0) is 21.6. The largest absolute Gasteiger partial charge is 0.326 e. The molecule has 0 aromatic heterocycles. The molecule has 31 heavy (non-hydrogen) atoms. The van der Waals surface area contributed by atoms with E-state index in [0.29, 0.717) is 12.8 Å². The van der Waals surface area contributed by atoms with Crippen molar-refractivity contribution in [2.45, 2.75) is 19.8 Å². The smallest absolute Gasteiger partial charge is 0.235 e. The van der Waals surface area contributed by atoms with Crippen LogP contribution >= 0.6 is 0 Å². The van der Waals surface area contributed by atoms with E-state index in [0.717, 1.165) is 22.6 Å². The van der Waals surface area contributed by atoms with Crippen LogP contribution in [0.1, 0.15) is 18.4 Å². The maximum absolute atomic E-state index is 13.8. The van der Waals surface area contributed by atoms with Gasteiger partial charge in [-0.2, -0.15) is 0 Å². The van der Waals surface area contributed by atoms with Crippen molar-refractivity contribution in [2.24, 2.45) is 11.8 Å². The first-order valence-electron chi connectivity index (χ1n) is 10.6. The Balaban J connectivity index is 1.63. The minimum Gasteiger partial charge on any atom is -0.326 e. The number of anilines is 3. The Morgan fingerprint density at radius 3 is 1.94 bits per heavy atom. The van der Waals surface area contributed by atoms with E-state index in [9.17, 15) is 9.59 Å². The Hall–Kier alpha value is -3.66. The predicted molar refractivity (Wildman–Crippen MR) is 125 cm³/mol. The summed E-state index contributed by atoms with van der Waals surface area (Å²) in [7, 11) is 0. The van der Waals surface area contributed by atoms with E-state index in [2.05, 4.69) is 5.32 Å². The zero-order valence-electron chi connectivity index (χ0n) is 17.6. The van der Waals surface area contributed by atoms with Gasteiger partial charge in [0.15, 0.2) is 0 Å². The fourth-order valence-corrected chi connectivity index (χ4v) is 4.06. The summed E-state index contributed by atoms with van der Waals surface area (Å²) in [5.74, 6) is -1.04. The standard InChI is InChI=1S/C27H26N2O2/c1-20-11-10-12-21(19-20)28-26(30)24-17-8-9-18-25(24)27(31)29(22-13-4-2-5-14-22)23-15-6-3-7-16-23/h2-16,19,24-25H,17-18H2,1H3,(H,28,30). The summed E-state index contributed by atoms with van der Waals surface area (Å²) in [5, 5.41) is 3.01. The molecule has 0 saturated heterocycles. The monoisotopic (exact) mass is 410 g/mol.